The van der Waals surface area contributed by atoms with Gasteiger partial charge in [0.2, 0.25) is 0 Å². The Labute approximate surface area is 138 Å². The summed E-state index contributed by atoms with van der Waals surface area (Å²) in [5, 5.41) is 2.22. The summed E-state index contributed by atoms with van der Waals surface area (Å²) in [5.74, 6) is -1.37. The number of anilines is 1. The number of rotatable bonds is 2. The van der Waals surface area contributed by atoms with Crippen molar-refractivity contribution >= 4 is 29.6 Å². The first-order chi connectivity index (χ1) is 11.4. The summed E-state index contributed by atoms with van der Waals surface area (Å²) in [7, 11) is 0. The summed E-state index contributed by atoms with van der Waals surface area (Å²) >= 11 is 0. The zero-order valence-corrected chi connectivity index (χ0v) is 13.5. The molecule has 0 aliphatic carbocycles. The fourth-order valence-corrected chi connectivity index (χ4v) is 2.91. The highest BCUT2D eigenvalue weighted by Crippen LogP contribution is 2.29. The van der Waals surface area contributed by atoms with E-state index in [1.807, 2.05) is 32.9 Å². The molecular formula is C18H16N2O4. The number of aryl methyl sites for hydroxylation is 3. The van der Waals surface area contributed by atoms with E-state index in [1.165, 1.54) is 18.6 Å². The predicted octanol–water partition coefficient (Wildman–Crippen LogP) is 2.87. The molecule has 2 heterocycles. The topological polar surface area (TPSA) is 79.6 Å². The van der Waals surface area contributed by atoms with Gasteiger partial charge in [-0.3, -0.25) is 14.9 Å². The van der Waals surface area contributed by atoms with Gasteiger partial charge in [-0.05, 0) is 44.0 Å². The van der Waals surface area contributed by atoms with Gasteiger partial charge in [0, 0.05) is 5.56 Å². The molecule has 0 unspecified atom stereocenters. The van der Waals surface area contributed by atoms with Gasteiger partial charge in [0.15, 0.2) is 0 Å². The highest BCUT2D eigenvalue weighted by molar-refractivity contribution is 6.39. The summed E-state index contributed by atoms with van der Waals surface area (Å²) < 4.78 is 4.94. The molecule has 6 heteroatoms. The first-order valence-electron chi connectivity index (χ1n) is 7.40. The number of imide groups is 2. The first-order valence-corrected chi connectivity index (χ1v) is 7.40. The van der Waals surface area contributed by atoms with Crippen molar-refractivity contribution in [2.24, 2.45) is 0 Å². The van der Waals surface area contributed by atoms with Crippen molar-refractivity contribution in [1.82, 2.24) is 5.32 Å². The molecular weight excluding hydrogens is 308 g/mol. The Hall–Kier alpha value is -3.15. The lowest BCUT2D eigenvalue weighted by Crippen LogP contribution is -2.54. The molecule has 0 atom stereocenters. The second-order valence-electron chi connectivity index (χ2n) is 5.76. The fourth-order valence-electron chi connectivity index (χ4n) is 2.91. The zero-order valence-electron chi connectivity index (χ0n) is 13.5. The summed E-state index contributed by atoms with van der Waals surface area (Å²) in [6, 6.07) is 4.65. The number of hydrogen-bond acceptors (Lipinski definition) is 4. The van der Waals surface area contributed by atoms with Crippen LogP contribution in [0.4, 0.5) is 10.5 Å². The van der Waals surface area contributed by atoms with Crippen LogP contribution in [0.3, 0.4) is 0 Å². The molecule has 0 bridgehead atoms. The van der Waals surface area contributed by atoms with Crippen LogP contribution in [0.1, 0.15) is 22.3 Å². The number of urea groups is 1. The maximum Gasteiger partial charge on any atom is 0.335 e. The van der Waals surface area contributed by atoms with Gasteiger partial charge in [0.1, 0.15) is 5.57 Å². The summed E-state index contributed by atoms with van der Waals surface area (Å²) in [6.07, 6.45) is 4.25. The third-order valence-electron chi connectivity index (χ3n) is 3.81. The third kappa shape index (κ3) is 2.62. The summed E-state index contributed by atoms with van der Waals surface area (Å²) in [6.45, 7) is 5.59. The van der Waals surface area contributed by atoms with E-state index in [0.29, 0.717) is 11.3 Å². The van der Waals surface area contributed by atoms with E-state index in [1.54, 1.807) is 6.07 Å². The van der Waals surface area contributed by atoms with Crippen LogP contribution in [0, 0.1) is 20.8 Å². The van der Waals surface area contributed by atoms with Crippen LogP contribution in [0.5, 0.6) is 0 Å². The van der Waals surface area contributed by atoms with Gasteiger partial charge in [0.25, 0.3) is 11.8 Å². The second kappa shape index (κ2) is 5.81. The minimum absolute atomic E-state index is 0.115. The molecule has 0 spiro atoms. The van der Waals surface area contributed by atoms with Crippen molar-refractivity contribution < 1.29 is 18.8 Å². The van der Waals surface area contributed by atoms with Gasteiger partial charge < -0.3 is 4.42 Å². The molecule has 1 aliphatic rings. The maximum atomic E-state index is 12.8. The van der Waals surface area contributed by atoms with Crippen molar-refractivity contribution in [1.29, 1.82) is 0 Å². The monoisotopic (exact) mass is 324 g/mol. The number of carbonyl (C=O) groups is 3. The Kier molecular flexibility index (Phi) is 3.81. The zero-order chi connectivity index (χ0) is 17.4. The normalized spacial score (nSPS) is 16.7. The van der Waals surface area contributed by atoms with Crippen molar-refractivity contribution in [3.05, 3.63) is 58.6 Å². The fraction of sp³-hybridized carbons (Fsp3) is 0.167. The van der Waals surface area contributed by atoms with Crippen LogP contribution in [-0.4, -0.2) is 17.8 Å². The number of nitrogens with zero attached hydrogens (tertiary/aromatic N) is 1. The van der Waals surface area contributed by atoms with E-state index in [-0.39, 0.29) is 5.57 Å². The average Bonchev–Trinajstić information content (AvgIpc) is 2.99. The second-order valence-corrected chi connectivity index (χ2v) is 5.76. The summed E-state index contributed by atoms with van der Waals surface area (Å²) in [5.41, 5.74) is 3.55. The van der Waals surface area contributed by atoms with Gasteiger partial charge in [-0.1, -0.05) is 17.7 Å². The minimum Gasteiger partial charge on any atom is -0.472 e. The Morgan fingerprint density at radius 3 is 2.33 bits per heavy atom. The quantitative estimate of drug-likeness (QED) is 0.680. The van der Waals surface area contributed by atoms with Gasteiger partial charge in [0.05, 0.1) is 18.2 Å². The van der Waals surface area contributed by atoms with Crippen molar-refractivity contribution in [2.75, 3.05) is 4.90 Å². The van der Waals surface area contributed by atoms with Crippen LogP contribution in [0.15, 0.2) is 40.7 Å². The molecule has 1 aliphatic heterocycles. The largest absolute Gasteiger partial charge is 0.472 e. The lowest BCUT2D eigenvalue weighted by Gasteiger charge is -2.29. The van der Waals surface area contributed by atoms with Gasteiger partial charge >= 0.3 is 6.03 Å². The molecule has 1 N–H and O–H groups in total. The van der Waals surface area contributed by atoms with E-state index in [4.69, 9.17) is 4.42 Å². The Bertz CT molecular complexity index is 855. The molecule has 0 saturated carbocycles. The SMILES string of the molecule is Cc1cc(C)c(N2C(=O)NC(=O)/C(=C\c3ccoc3)C2=O)c(C)c1. The highest BCUT2D eigenvalue weighted by atomic mass is 16.3. The van der Waals surface area contributed by atoms with Crippen molar-refractivity contribution in [3.63, 3.8) is 0 Å². The van der Waals surface area contributed by atoms with E-state index in [2.05, 4.69) is 5.32 Å². The highest BCUT2D eigenvalue weighted by Gasteiger charge is 2.38. The molecule has 3 rings (SSSR count). The number of furan rings is 1. The van der Waals surface area contributed by atoms with Gasteiger partial charge in [-0.2, -0.15) is 0 Å². The number of carbonyl (C=O) groups excluding carboxylic acids is 3. The number of barbiturate groups is 1. The minimum atomic E-state index is -0.746. The molecule has 1 aromatic carbocycles. The average molecular weight is 324 g/mol. The lowest BCUT2D eigenvalue weighted by atomic mass is 10.0. The number of benzene rings is 1. The smallest absolute Gasteiger partial charge is 0.335 e. The van der Waals surface area contributed by atoms with Crippen molar-refractivity contribution in [3.8, 4) is 0 Å². The standard InChI is InChI=1S/C18H16N2O4/c1-10-6-11(2)15(12(3)7-10)20-17(22)14(16(21)19-18(20)23)8-13-4-5-24-9-13/h4-9H,1-3H3,(H,19,21,23)/b14-8+. The van der Waals surface area contributed by atoms with E-state index in [0.717, 1.165) is 21.6 Å². The number of amides is 4. The van der Waals surface area contributed by atoms with E-state index < -0.39 is 17.8 Å². The first kappa shape index (κ1) is 15.7. The van der Waals surface area contributed by atoms with Crippen LogP contribution >= 0.6 is 0 Å². The van der Waals surface area contributed by atoms with E-state index in [9.17, 15) is 14.4 Å². The van der Waals surface area contributed by atoms with Crippen molar-refractivity contribution in [2.45, 2.75) is 20.8 Å². The van der Waals surface area contributed by atoms with Gasteiger partial charge in [-0.25, -0.2) is 9.69 Å². The third-order valence-corrected chi connectivity index (χ3v) is 3.81. The van der Waals surface area contributed by atoms with Crippen LogP contribution < -0.4 is 10.2 Å². The molecule has 2 aromatic rings. The molecule has 1 saturated heterocycles. The number of nitrogens with one attached hydrogen (secondary N) is 1. The lowest BCUT2D eigenvalue weighted by molar-refractivity contribution is -0.122. The van der Waals surface area contributed by atoms with Gasteiger partial charge in [-0.15, -0.1) is 0 Å². The van der Waals surface area contributed by atoms with Crippen LogP contribution in [-0.2, 0) is 9.59 Å². The van der Waals surface area contributed by atoms with Crippen LogP contribution in [0.2, 0.25) is 0 Å². The predicted molar refractivity (Wildman–Crippen MR) is 88.4 cm³/mol. The molecule has 122 valence electrons. The van der Waals surface area contributed by atoms with E-state index >= 15 is 0 Å². The molecule has 0 radical (unpaired) electrons. The number of hydrogen-bond donors (Lipinski definition) is 1. The summed E-state index contributed by atoms with van der Waals surface area (Å²) in [4.78, 5) is 38.2. The Morgan fingerprint density at radius 1 is 1.08 bits per heavy atom. The Balaban J connectivity index is 2.10. The maximum absolute atomic E-state index is 12.8. The molecule has 6 nitrogen and oxygen atoms in total. The van der Waals surface area contributed by atoms with Crippen LogP contribution in [0.25, 0.3) is 6.08 Å². The Morgan fingerprint density at radius 2 is 1.75 bits per heavy atom. The molecule has 1 fully saturated rings. The molecule has 24 heavy (non-hydrogen) atoms. The molecule has 4 amide bonds. The molecule has 1 aromatic heterocycles.